The zero-order valence-electron chi connectivity index (χ0n) is 12.4. The summed E-state index contributed by atoms with van der Waals surface area (Å²) < 4.78 is 45.7. The van der Waals surface area contributed by atoms with E-state index in [1.807, 2.05) is 0 Å². The third-order valence-electron chi connectivity index (χ3n) is 3.91. The van der Waals surface area contributed by atoms with Crippen LogP contribution in [0.4, 0.5) is 13.2 Å². The molecule has 122 valence electrons. The molecule has 0 unspecified atom stereocenters. The lowest BCUT2D eigenvalue weighted by Crippen LogP contribution is -2.23. The number of hydrogen-bond donors (Lipinski definition) is 0. The van der Waals surface area contributed by atoms with Crippen molar-refractivity contribution in [1.82, 2.24) is 0 Å². The minimum atomic E-state index is -4.68. The van der Waals surface area contributed by atoms with Gasteiger partial charge >= 0.3 is 12.3 Å². The molecule has 1 aliphatic carbocycles. The first-order valence-corrected chi connectivity index (χ1v) is 7.41. The van der Waals surface area contributed by atoms with E-state index in [9.17, 15) is 18.0 Å². The van der Waals surface area contributed by atoms with Crippen molar-refractivity contribution in [1.29, 1.82) is 0 Å². The van der Waals surface area contributed by atoms with Gasteiger partial charge in [0.15, 0.2) is 0 Å². The van der Waals surface area contributed by atoms with Crippen LogP contribution in [0.3, 0.4) is 0 Å². The van der Waals surface area contributed by atoms with Crippen LogP contribution in [0.25, 0.3) is 0 Å². The molecule has 1 aromatic carbocycles. The number of carbonyl (C=O) groups is 1. The summed E-state index contributed by atoms with van der Waals surface area (Å²) in [6.45, 7) is 2.14. The van der Waals surface area contributed by atoms with Crippen LogP contribution in [0.15, 0.2) is 24.3 Å². The molecular formula is C16H19F3O3. The number of hydrogen-bond acceptors (Lipinski definition) is 3. The van der Waals surface area contributed by atoms with Gasteiger partial charge in [-0.3, -0.25) is 4.79 Å². The molecule has 0 aromatic heterocycles. The Kier molecular flexibility index (Phi) is 5.32. The predicted molar refractivity (Wildman–Crippen MR) is 74.5 cm³/mol. The van der Waals surface area contributed by atoms with Crippen molar-refractivity contribution in [2.45, 2.75) is 44.9 Å². The molecule has 0 heterocycles. The van der Waals surface area contributed by atoms with Crippen molar-refractivity contribution in [3.63, 3.8) is 0 Å². The first kappa shape index (κ1) is 16.6. The summed E-state index contributed by atoms with van der Waals surface area (Å²) in [4.78, 5) is 11.7. The highest BCUT2D eigenvalue weighted by Gasteiger charge is 2.32. The number of benzene rings is 1. The molecule has 1 fully saturated rings. The highest BCUT2D eigenvalue weighted by molar-refractivity contribution is 5.72. The fourth-order valence-corrected chi connectivity index (χ4v) is 2.89. The third-order valence-corrected chi connectivity index (χ3v) is 3.91. The second kappa shape index (κ2) is 7.03. The normalized spacial score (nSPS) is 22.2. The molecule has 3 nitrogen and oxygen atoms in total. The van der Waals surface area contributed by atoms with Gasteiger partial charge in [-0.15, -0.1) is 13.2 Å². The zero-order chi connectivity index (χ0) is 16.2. The minimum Gasteiger partial charge on any atom is -0.466 e. The summed E-state index contributed by atoms with van der Waals surface area (Å²) in [6, 6.07) is 6.09. The maximum absolute atomic E-state index is 12.3. The van der Waals surface area contributed by atoms with Crippen molar-refractivity contribution >= 4 is 5.97 Å². The van der Waals surface area contributed by atoms with Crippen LogP contribution in [0.1, 0.15) is 44.1 Å². The van der Waals surface area contributed by atoms with Crippen LogP contribution < -0.4 is 4.74 Å². The second-order valence-electron chi connectivity index (χ2n) is 5.42. The SMILES string of the molecule is CCOC(=O)C1CCC(c2cccc(OC(F)(F)F)c2)CC1. The molecular weight excluding hydrogens is 297 g/mol. The lowest BCUT2D eigenvalue weighted by Gasteiger charge is -2.27. The zero-order valence-corrected chi connectivity index (χ0v) is 12.4. The van der Waals surface area contributed by atoms with E-state index in [4.69, 9.17) is 4.74 Å². The Bertz CT molecular complexity index is 506. The van der Waals surface area contributed by atoms with Gasteiger partial charge in [0.05, 0.1) is 12.5 Å². The van der Waals surface area contributed by atoms with Crippen molar-refractivity contribution in [3.05, 3.63) is 29.8 Å². The molecule has 0 atom stereocenters. The van der Waals surface area contributed by atoms with Crippen LogP contribution in [0.2, 0.25) is 0 Å². The third kappa shape index (κ3) is 4.64. The Morgan fingerprint density at radius 3 is 2.50 bits per heavy atom. The summed E-state index contributed by atoms with van der Waals surface area (Å²) in [5.41, 5.74) is 0.823. The fraction of sp³-hybridized carbons (Fsp3) is 0.562. The number of rotatable bonds is 4. The highest BCUT2D eigenvalue weighted by Crippen LogP contribution is 2.37. The smallest absolute Gasteiger partial charge is 0.466 e. The van der Waals surface area contributed by atoms with Gasteiger partial charge in [-0.05, 0) is 56.2 Å². The Morgan fingerprint density at radius 2 is 1.91 bits per heavy atom. The average molecular weight is 316 g/mol. The average Bonchev–Trinajstić information content (AvgIpc) is 2.46. The maximum Gasteiger partial charge on any atom is 0.573 e. The van der Waals surface area contributed by atoms with E-state index >= 15 is 0 Å². The number of ether oxygens (including phenoxy) is 2. The summed E-state index contributed by atoms with van der Waals surface area (Å²) in [5.74, 6) is -0.305. The maximum atomic E-state index is 12.3. The monoisotopic (exact) mass is 316 g/mol. The van der Waals surface area contributed by atoms with E-state index < -0.39 is 6.36 Å². The second-order valence-corrected chi connectivity index (χ2v) is 5.42. The van der Waals surface area contributed by atoms with E-state index in [0.29, 0.717) is 19.4 Å². The Balaban J connectivity index is 1.96. The number of esters is 1. The molecule has 2 rings (SSSR count). The summed E-state index contributed by atoms with van der Waals surface area (Å²) in [7, 11) is 0. The first-order valence-electron chi connectivity index (χ1n) is 7.41. The van der Waals surface area contributed by atoms with Gasteiger partial charge in [0.25, 0.3) is 0 Å². The predicted octanol–water partition coefficient (Wildman–Crippen LogP) is 4.42. The Hall–Kier alpha value is -1.72. The Labute approximate surface area is 127 Å². The number of halogens is 3. The molecule has 0 saturated heterocycles. The fourth-order valence-electron chi connectivity index (χ4n) is 2.89. The highest BCUT2D eigenvalue weighted by atomic mass is 19.4. The largest absolute Gasteiger partial charge is 0.573 e. The molecule has 22 heavy (non-hydrogen) atoms. The van der Waals surface area contributed by atoms with Crippen molar-refractivity contribution in [2.75, 3.05) is 6.61 Å². The Morgan fingerprint density at radius 1 is 1.23 bits per heavy atom. The molecule has 0 bridgehead atoms. The molecule has 1 aromatic rings. The van der Waals surface area contributed by atoms with E-state index in [-0.39, 0.29) is 23.6 Å². The topological polar surface area (TPSA) is 35.5 Å². The molecule has 1 aliphatic rings. The number of carbonyl (C=O) groups excluding carboxylic acids is 1. The van der Waals surface area contributed by atoms with Crippen molar-refractivity contribution < 1.29 is 27.4 Å². The van der Waals surface area contributed by atoms with Gasteiger partial charge in [-0.25, -0.2) is 0 Å². The summed E-state index contributed by atoms with van der Waals surface area (Å²) in [5, 5.41) is 0. The molecule has 0 radical (unpaired) electrons. The van der Waals surface area contributed by atoms with Crippen LogP contribution >= 0.6 is 0 Å². The lowest BCUT2D eigenvalue weighted by atomic mass is 9.79. The molecule has 1 saturated carbocycles. The van der Waals surface area contributed by atoms with Gasteiger partial charge < -0.3 is 9.47 Å². The number of alkyl halides is 3. The van der Waals surface area contributed by atoms with E-state index in [2.05, 4.69) is 4.74 Å². The van der Waals surface area contributed by atoms with E-state index in [1.165, 1.54) is 12.1 Å². The van der Waals surface area contributed by atoms with Crippen molar-refractivity contribution in [2.24, 2.45) is 5.92 Å². The van der Waals surface area contributed by atoms with Crippen LogP contribution in [-0.4, -0.2) is 18.9 Å². The van der Waals surface area contributed by atoms with Crippen molar-refractivity contribution in [3.8, 4) is 5.75 Å². The summed E-state index contributed by atoms with van der Waals surface area (Å²) in [6.07, 6.45) is -1.75. The molecule has 0 aliphatic heterocycles. The lowest BCUT2D eigenvalue weighted by molar-refractivity contribution is -0.274. The van der Waals surface area contributed by atoms with Gasteiger partial charge in [-0.1, -0.05) is 12.1 Å². The first-order chi connectivity index (χ1) is 10.4. The quantitative estimate of drug-likeness (QED) is 0.771. The molecule has 0 amide bonds. The molecule has 6 heteroatoms. The van der Waals surface area contributed by atoms with Gasteiger partial charge in [-0.2, -0.15) is 0 Å². The van der Waals surface area contributed by atoms with Crippen LogP contribution in [0.5, 0.6) is 5.75 Å². The van der Waals surface area contributed by atoms with Gasteiger partial charge in [0, 0.05) is 0 Å². The molecule has 0 N–H and O–H groups in total. The molecule has 0 spiro atoms. The summed E-state index contributed by atoms with van der Waals surface area (Å²) >= 11 is 0. The minimum absolute atomic E-state index is 0.0918. The van der Waals surface area contributed by atoms with E-state index in [0.717, 1.165) is 18.4 Å². The van der Waals surface area contributed by atoms with Crippen LogP contribution in [-0.2, 0) is 9.53 Å². The van der Waals surface area contributed by atoms with Gasteiger partial charge in [0.1, 0.15) is 5.75 Å². The van der Waals surface area contributed by atoms with Crippen LogP contribution in [0, 0.1) is 5.92 Å². The van der Waals surface area contributed by atoms with Gasteiger partial charge in [0.2, 0.25) is 0 Å². The standard InChI is InChI=1S/C16H19F3O3/c1-2-21-15(20)12-8-6-11(7-9-12)13-4-3-5-14(10-13)22-16(17,18)19/h3-5,10-12H,2,6-9H2,1H3. The van der Waals surface area contributed by atoms with E-state index in [1.54, 1.807) is 19.1 Å².